The van der Waals surface area contributed by atoms with Crippen LogP contribution in [0.5, 0.6) is 5.75 Å². The third-order valence-electron chi connectivity index (χ3n) is 4.54. The smallest absolute Gasteiger partial charge is 0.268 e. The van der Waals surface area contributed by atoms with E-state index in [9.17, 15) is 9.59 Å². The van der Waals surface area contributed by atoms with Gasteiger partial charge >= 0.3 is 0 Å². The zero-order valence-corrected chi connectivity index (χ0v) is 15.6. The minimum atomic E-state index is -0.196. The Labute approximate surface area is 161 Å². The largest absolute Gasteiger partial charge is 0.497 e. The van der Waals surface area contributed by atoms with Crippen LogP contribution in [0.1, 0.15) is 25.6 Å². The molecular weight excluding hydrogens is 360 g/mol. The quantitative estimate of drug-likeness (QED) is 0.740. The summed E-state index contributed by atoms with van der Waals surface area (Å²) in [5.74, 6) is 0.467. The minimum Gasteiger partial charge on any atom is -0.497 e. The van der Waals surface area contributed by atoms with Gasteiger partial charge in [-0.1, -0.05) is 12.1 Å². The fourth-order valence-electron chi connectivity index (χ4n) is 3.19. The normalized spacial score (nSPS) is 12.6. The maximum Gasteiger partial charge on any atom is 0.268 e. The van der Waals surface area contributed by atoms with E-state index in [1.165, 1.54) is 11.3 Å². The highest BCUT2D eigenvalue weighted by Gasteiger charge is 2.26. The fourth-order valence-corrected chi connectivity index (χ4v) is 3.86. The van der Waals surface area contributed by atoms with Gasteiger partial charge < -0.3 is 15.0 Å². The zero-order chi connectivity index (χ0) is 18.8. The van der Waals surface area contributed by atoms with E-state index >= 15 is 0 Å². The number of nitrogens with one attached hydrogen (secondary N) is 1. The van der Waals surface area contributed by atoms with Crippen molar-refractivity contribution in [3.63, 3.8) is 0 Å². The Morgan fingerprint density at radius 2 is 2.00 bits per heavy atom. The van der Waals surface area contributed by atoms with E-state index in [1.807, 2.05) is 35.7 Å². The highest BCUT2D eigenvalue weighted by molar-refractivity contribution is 7.12. The number of ether oxygens (including phenoxy) is 1. The maximum absolute atomic E-state index is 12.6. The molecule has 1 aromatic heterocycles. The van der Waals surface area contributed by atoms with Gasteiger partial charge in [0.1, 0.15) is 5.75 Å². The molecule has 0 spiro atoms. The molecule has 2 heterocycles. The first kappa shape index (κ1) is 17.3. The van der Waals surface area contributed by atoms with E-state index < -0.39 is 0 Å². The third kappa shape index (κ3) is 3.44. The second-order valence-corrected chi connectivity index (χ2v) is 7.16. The summed E-state index contributed by atoms with van der Waals surface area (Å²) in [4.78, 5) is 27.6. The minimum absolute atomic E-state index is 0.0249. The van der Waals surface area contributed by atoms with Crippen LogP contribution in [-0.2, 0) is 6.42 Å². The molecule has 0 unspecified atom stereocenters. The molecule has 5 nitrogen and oxygen atoms in total. The zero-order valence-electron chi connectivity index (χ0n) is 14.8. The number of methoxy groups -OCH3 is 1. The Morgan fingerprint density at radius 1 is 1.11 bits per heavy atom. The van der Waals surface area contributed by atoms with Crippen molar-refractivity contribution in [3.8, 4) is 5.75 Å². The number of rotatable bonds is 4. The van der Waals surface area contributed by atoms with Crippen LogP contribution >= 0.6 is 11.3 Å². The number of carbonyl (C=O) groups excluding carboxylic acids is 2. The number of nitrogens with zero attached hydrogens (tertiary/aromatic N) is 1. The van der Waals surface area contributed by atoms with Gasteiger partial charge in [-0.05, 0) is 59.8 Å². The number of benzene rings is 2. The molecule has 1 aliphatic heterocycles. The molecule has 1 N–H and O–H groups in total. The molecule has 0 fully saturated rings. The lowest BCUT2D eigenvalue weighted by molar-refractivity contribution is 0.0991. The van der Waals surface area contributed by atoms with Crippen LogP contribution < -0.4 is 15.0 Å². The van der Waals surface area contributed by atoms with Gasteiger partial charge in [0.05, 0.1) is 12.0 Å². The van der Waals surface area contributed by atoms with Crippen LogP contribution in [0.3, 0.4) is 0 Å². The standard InChI is InChI=1S/C21H18N2O3S/c1-26-17-5-2-4-15(13-17)20(24)22-16-7-8-18-14(12-16)9-10-23(18)21(25)19-6-3-11-27-19/h2-8,11-13H,9-10H2,1H3,(H,22,24). The monoisotopic (exact) mass is 378 g/mol. The summed E-state index contributed by atoms with van der Waals surface area (Å²) in [7, 11) is 1.57. The van der Waals surface area contributed by atoms with Crippen molar-refractivity contribution in [2.75, 3.05) is 23.9 Å². The van der Waals surface area contributed by atoms with Crippen molar-refractivity contribution < 1.29 is 14.3 Å². The summed E-state index contributed by atoms with van der Waals surface area (Å²) in [5, 5.41) is 4.82. The Kier molecular flexibility index (Phi) is 4.64. The van der Waals surface area contributed by atoms with Crippen molar-refractivity contribution in [1.29, 1.82) is 0 Å². The van der Waals surface area contributed by atoms with Crippen molar-refractivity contribution in [2.24, 2.45) is 0 Å². The van der Waals surface area contributed by atoms with Crippen LogP contribution in [-0.4, -0.2) is 25.5 Å². The van der Waals surface area contributed by atoms with Crippen LogP contribution in [0, 0.1) is 0 Å². The second-order valence-electron chi connectivity index (χ2n) is 6.21. The van der Waals surface area contributed by atoms with Gasteiger partial charge in [0.2, 0.25) is 0 Å². The lowest BCUT2D eigenvalue weighted by atomic mass is 10.1. The molecule has 6 heteroatoms. The summed E-state index contributed by atoms with van der Waals surface area (Å²) in [6, 6.07) is 16.4. The molecule has 2 amide bonds. The Balaban J connectivity index is 1.52. The number of fused-ring (bicyclic) bond motifs is 1. The molecule has 0 saturated heterocycles. The molecule has 0 saturated carbocycles. The predicted molar refractivity (Wildman–Crippen MR) is 107 cm³/mol. The lowest BCUT2D eigenvalue weighted by Gasteiger charge is -2.16. The van der Waals surface area contributed by atoms with E-state index in [0.29, 0.717) is 23.5 Å². The van der Waals surface area contributed by atoms with Crippen molar-refractivity contribution in [2.45, 2.75) is 6.42 Å². The van der Waals surface area contributed by atoms with E-state index in [-0.39, 0.29) is 11.8 Å². The number of anilines is 2. The van der Waals surface area contributed by atoms with E-state index in [0.717, 1.165) is 22.5 Å². The fraction of sp³-hybridized carbons (Fsp3) is 0.143. The van der Waals surface area contributed by atoms with Crippen molar-refractivity contribution in [1.82, 2.24) is 0 Å². The lowest BCUT2D eigenvalue weighted by Crippen LogP contribution is -2.28. The number of carbonyl (C=O) groups is 2. The molecule has 4 rings (SSSR count). The van der Waals surface area contributed by atoms with E-state index in [2.05, 4.69) is 5.32 Å². The van der Waals surface area contributed by atoms with Gasteiger partial charge in [-0.2, -0.15) is 0 Å². The predicted octanol–water partition coefficient (Wildman–Crippen LogP) is 4.21. The Morgan fingerprint density at radius 3 is 2.78 bits per heavy atom. The molecular formula is C21H18N2O3S. The van der Waals surface area contributed by atoms with Crippen molar-refractivity contribution >= 4 is 34.5 Å². The molecule has 27 heavy (non-hydrogen) atoms. The second kappa shape index (κ2) is 7.25. The number of hydrogen-bond acceptors (Lipinski definition) is 4. The Hall–Kier alpha value is -3.12. The van der Waals surface area contributed by atoms with Gasteiger partial charge in [0, 0.05) is 23.5 Å². The van der Waals surface area contributed by atoms with Gasteiger partial charge in [-0.15, -0.1) is 11.3 Å². The van der Waals surface area contributed by atoms with E-state index in [4.69, 9.17) is 4.74 Å². The molecule has 0 radical (unpaired) electrons. The van der Waals surface area contributed by atoms with Crippen LogP contribution in [0.2, 0.25) is 0 Å². The summed E-state index contributed by atoms with van der Waals surface area (Å²) in [6.07, 6.45) is 0.773. The first-order chi connectivity index (χ1) is 13.2. The van der Waals surface area contributed by atoms with Crippen molar-refractivity contribution in [3.05, 3.63) is 76.0 Å². The van der Waals surface area contributed by atoms with Crippen LogP contribution in [0.15, 0.2) is 60.0 Å². The van der Waals surface area contributed by atoms with Gasteiger partial charge in [-0.25, -0.2) is 0 Å². The Bertz CT molecular complexity index is 998. The van der Waals surface area contributed by atoms with E-state index in [1.54, 1.807) is 36.3 Å². The SMILES string of the molecule is COc1cccc(C(=O)Nc2ccc3c(c2)CCN3C(=O)c2cccs2)c1. The average molecular weight is 378 g/mol. The average Bonchev–Trinajstić information content (AvgIpc) is 3.37. The summed E-state index contributed by atoms with van der Waals surface area (Å²) >= 11 is 1.45. The number of hydrogen-bond donors (Lipinski definition) is 1. The number of thiophene rings is 1. The highest BCUT2D eigenvalue weighted by Crippen LogP contribution is 2.32. The summed E-state index contributed by atoms with van der Waals surface area (Å²) < 4.78 is 5.16. The van der Waals surface area contributed by atoms with Gasteiger partial charge in [0.15, 0.2) is 0 Å². The van der Waals surface area contributed by atoms with Crippen LogP contribution in [0.4, 0.5) is 11.4 Å². The molecule has 2 aromatic carbocycles. The molecule has 0 aliphatic carbocycles. The first-order valence-electron chi connectivity index (χ1n) is 8.59. The first-order valence-corrected chi connectivity index (χ1v) is 9.47. The molecule has 0 atom stereocenters. The van der Waals surface area contributed by atoms with Gasteiger partial charge in [0.25, 0.3) is 11.8 Å². The topological polar surface area (TPSA) is 58.6 Å². The summed E-state index contributed by atoms with van der Waals surface area (Å²) in [5.41, 5.74) is 3.22. The summed E-state index contributed by atoms with van der Waals surface area (Å²) in [6.45, 7) is 0.652. The number of amides is 2. The van der Waals surface area contributed by atoms with Gasteiger partial charge in [-0.3, -0.25) is 9.59 Å². The molecule has 0 bridgehead atoms. The third-order valence-corrected chi connectivity index (χ3v) is 5.40. The highest BCUT2D eigenvalue weighted by atomic mass is 32.1. The molecule has 136 valence electrons. The maximum atomic E-state index is 12.6. The molecule has 1 aliphatic rings. The molecule has 3 aromatic rings. The van der Waals surface area contributed by atoms with Crippen LogP contribution in [0.25, 0.3) is 0 Å².